The van der Waals surface area contributed by atoms with Gasteiger partial charge in [0.25, 0.3) is 5.01 Å². The Morgan fingerprint density at radius 1 is 1.26 bits per heavy atom. The van der Waals surface area contributed by atoms with Gasteiger partial charge in [-0.1, -0.05) is 6.92 Å². The van der Waals surface area contributed by atoms with Crippen molar-refractivity contribution < 1.29 is 4.98 Å². The van der Waals surface area contributed by atoms with Crippen molar-refractivity contribution in [3.8, 4) is 22.7 Å². The molecule has 4 nitrogen and oxygen atoms in total. The first-order chi connectivity index (χ1) is 9.23. The largest absolute Gasteiger partial charge is 0.375 e. The van der Waals surface area contributed by atoms with Crippen molar-refractivity contribution in [3.05, 3.63) is 35.0 Å². The Kier molecular flexibility index (Phi) is 3.79. The molecule has 19 heavy (non-hydrogen) atoms. The van der Waals surface area contributed by atoms with Gasteiger partial charge >= 0.3 is 0 Å². The number of nitrogens with one attached hydrogen (secondary N) is 2. The zero-order valence-electron chi connectivity index (χ0n) is 10.7. The van der Waals surface area contributed by atoms with Crippen molar-refractivity contribution in [2.45, 2.75) is 13.3 Å². The SMILES string of the molecule is CCc1[nH+]c(-c2ccc(C#N)c(C#N)c2)sc1NC. The summed E-state index contributed by atoms with van der Waals surface area (Å²) in [7, 11) is 1.89. The predicted octanol–water partition coefficient (Wildman–Crippen LogP) is 2.58. The second-order valence-corrected chi connectivity index (χ2v) is 4.97. The molecule has 2 N–H and O–H groups in total. The summed E-state index contributed by atoms with van der Waals surface area (Å²) < 4.78 is 0. The number of aromatic nitrogens is 1. The van der Waals surface area contributed by atoms with Crippen LogP contribution in [0.1, 0.15) is 23.7 Å². The molecule has 0 aliphatic rings. The van der Waals surface area contributed by atoms with E-state index in [9.17, 15) is 0 Å². The van der Waals surface area contributed by atoms with Crippen LogP contribution in [-0.4, -0.2) is 7.05 Å². The van der Waals surface area contributed by atoms with E-state index in [1.165, 1.54) is 0 Å². The number of rotatable bonds is 3. The Balaban J connectivity index is 2.51. The van der Waals surface area contributed by atoms with E-state index in [0.29, 0.717) is 11.1 Å². The summed E-state index contributed by atoms with van der Waals surface area (Å²) >= 11 is 1.61. The Hall–Kier alpha value is -2.37. The molecule has 1 aromatic heterocycles. The van der Waals surface area contributed by atoms with E-state index in [1.807, 2.05) is 19.2 Å². The van der Waals surface area contributed by atoms with Gasteiger partial charge in [0.15, 0.2) is 5.00 Å². The van der Waals surface area contributed by atoms with E-state index < -0.39 is 0 Å². The lowest BCUT2D eigenvalue weighted by molar-refractivity contribution is -0.369. The fraction of sp³-hybridized carbons (Fsp3) is 0.214. The number of benzene rings is 1. The molecule has 1 heterocycles. The fourth-order valence-electron chi connectivity index (χ4n) is 1.84. The number of anilines is 1. The number of hydrogen-bond acceptors (Lipinski definition) is 4. The number of thiazole rings is 1. The van der Waals surface area contributed by atoms with Crippen LogP contribution in [0.25, 0.3) is 10.6 Å². The first-order valence-corrected chi connectivity index (χ1v) is 6.72. The molecule has 0 radical (unpaired) electrons. The lowest BCUT2D eigenvalue weighted by atomic mass is 10.1. The van der Waals surface area contributed by atoms with Gasteiger partial charge < -0.3 is 5.32 Å². The van der Waals surface area contributed by atoms with Gasteiger partial charge in [0.1, 0.15) is 12.1 Å². The van der Waals surface area contributed by atoms with Crippen molar-refractivity contribution in [2.75, 3.05) is 12.4 Å². The van der Waals surface area contributed by atoms with Crippen molar-refractivity contribution in [1.82, 2.24) is 0 Å². The molecule has 0 bridgehead atoms. The fourth-order valence-corrected chi connectivity index (χ4v) is 2.88. The van der Waals surface area contributed by atoms with Crippen LogP contribution in [0.3, 0.4) is 0 Å². The topological polar surface area (TPSA) is 73.8 Å². The van der Waals surface area contributed by atoms with Gasteiger partial charge in [-0.2, -0.15) is 15.5 Å². The van der Waals surface area contributed by atoms with Gasteiger partial charge in [-0.05, 0) is 29.5 Å². The number of aromatic amines is 1. The second kappa shape index (κ2) is 5.51. The molecule has 1 aromatic carbocycles. The minimum atomic E-state index is 0.408. The summed E-state index contributed by atoms with van der Waals surface area (Å²) in [5, 5.41) is 23.2. The van der Waals surface area contributed by atoms with E-state index in [0.717, 1.165) is 27.7 Å². The Morgan fingerprint density at radius 2 is 2.00 bits per heavy atom. The number of H-pyrrole nitrogens is 1. The number of aryl methyl sites for hydroxylation is 1. The first-order valence-electron chi connectivity index (χ1n) is 5.90. The molecular weight excluding hydrogens is 256 g/mol. The number of nitriles is 2. The first kappa shape index (κ1) is 13.1. The molecular formula is C14H13N4S+. The molecule has 0 aliphatic heterocycles. The zero-order chi connectivity index (χ0) is 13.8. The summed E-state index contributed by atoms with van der Waals surface area (Å²) in [5.41, 5.74) is 2.89. The Labute approximate surface area is 116 Å². The average molecular weight is 269 g/mol. The smallest absolute Gasteiger partial charge is 0.269 e. The highest BCUT2D eigenvalue weighted by atomic mass is 32.1. The summed E-state index contributed by atoms with van der Waals surface area (Å²) in [6.45, 7) is 2.09. The number of nitrogens with zero attached hydrogens (tertiary/aromatic N) is 2. The van der Waals surface area contributed by atoms with E-state index >= 15 is 0 Å². The molecule has 0 saturated heterocycles. The molecule has 2 aromatic rings. The highest BCUT2D eigenvalue weighted by Gasteiger charge is 2.18. The van der Waals surface area contributed by atoms with Gasteiger partial charge in [-0.3, -0.25) is 0 Å². The Bertz CT molecular complexity index is 667. The number of hydrogen-bond donors (Lipinski definition) is 1. The van der Waals surface area contributed by atoms with Crippen LogP contribution in [0.4, 0.5) is 5.00 Å². The van der Waals surface area contributed by atoms with Gasteiger partial charge in [-0.25, -0.2) is 0 Å². The van der Waals surface area contributed by atoms with E-state index in [2.05, 4.69) is 23.3 Å². The van der Waals surface area contributed by atoms with Crippen LogP contribution in [0.5, 0.6) is 0 Å². The average Bonchev–Trinajstić information content (AvgIpc) is 2.89. The third kappa shape index (κ3) is 2.42. The van der Waals surface area contributed by atoms with Crippen LogP contribution >= 0.6 is 11.3 Å². The monoisotopic (exact) mass is 269 g/mol. The van der Waals surface area contributed by atoms with E-state index in [1.54, 1.807) is 23.5 Å². The van der Waals surface area contributed by atoms with E-state index in [4.69, 9.17) is 10.5 Å². The summed E-state index contributed by atoms with van der Waals surface area (Å²) in [5.74, 6) is 0. The van der Waals surface area contributed by atoms with Crippen molar-refractivity contribution in [1.29, 1.82) is 10.5 Å². The minimum Gasteiger partial charge on any atom is -0.375 e. The lowest BCUT2D eigenvalue weighted by Gasteiger charge is -1.95. The summed E-state index contributed by atoms with van der Waals surface area (Å²) in [6, 6.07) is 9.38. The summed E-state index contributed by atoms with van der Waals surface area (Å²) in [4.78, 5) is 3.35. The van der Waals surface area contributed by atoms with Gasteiger partial charge in [0.2, 0.25) is 5.69 Å². The van der Waals surface area contributed by atoms with E-state index in [-0.39, 0.29) is 0 Å². The molecule has 0 fully saturated rings. The molecule has 2 rings (SSSR count). The lowest BCUT2D eigenvalue weighted by Crippen LogP contribution is -2.08. The molecule has 0 spiro atoms. The van der Waals surface area contributed by atoms with Crippen LogP contribution < -0.4 is 10.3 Å². The van der Waals surface area contributed by atoms with Crippen molar-refractivity contribution in [3.63, 3.8) is 0 Å². The third-order valence-corrected chi connectivity index (χ3v) is 4.04. The maximum absolute atomic E-state index is 9.05. The highest BCUT2D eigenvalue weighted by Crippen LogP contribution is 2.29. The van der Waals surface area contributed by atoms with Crippen LogP contribution in [0.15, 0.2) is 18.2 Å². The molecule has 5 heteroatoms. The Morgan fingerprint density at radius 3 is 2.53 bits per heavy atom. The van der Waals surface area contributed by atoms with Crippen LogP contribution in [-0.2, 0) is 6.42 Å². The predicted molar refractivity (Wildman–Crippen MR) is 74.7 cm³/mol. The van der Waals surface area contributed by atoms with Gasteiger partial charge in [0, 0.05) is 13.5 Å². The molecule has 0 saturated carbocycles. The third-order valence-electron chi connectivity index (χ3n) is 2.85. The molecule has 0 aliphatic carbocycles. The van der Waals surface area contributed by atoms with Gasteiger partial charge in [-0.15, -0.1) is 0 Å². The summed E-state index contributed by atoms with van der Waals surface area (Å²) in [6.07, 6.45) is 0.911. The quantitative estimate of drug-likeness (QED) is 0.930. The molecule has 0 unspecified atom stereocenters. The molecule has 0 amide bonds. The maximum Gasteiger partial charge on any atom is 0.269 e. The zero-order valence-corrected chi connectivity index (χ0v) is 11.6. The highest BCUT2D eigenvalue weighted by molar-refractivity contribution is 7.18. The normalized spacial score (nSPS) is 9.68. The second-order valence-electron chi connectivity index (χ2n) is 3.95. The van der Waals surface area contributed by atoms with Crippen molar-refractivity contribution >= 4 is 16.3 Å². The standard InChI is InChI=1S/C14H12N4S/c1-3-12-14(17-2)19-13(18-12)9-4-5-10(7-15)11(6-9)8-16/h4-6,17H,3H2,1-2H3/p+1. The molecule has 94 valence electrons. The van der Waals surface area contributed by atoms with Crippen LogP contribution in [0, 0.1) is 22.7 Å². The van der Waals surface area contributed by atoms with Crippen molar-refractivity contribution in [2.24, 2.45) is 0 Å². The maximum atomic E-state index is 9.05. The van der Waals surface area contributed by atoms with Crippen LogP contribution in [0.2, 0.25) is 0 Å². The minimum absolute atomic E-state index is 0.408. The molecule has 0 atom stereocenters. The van der Waals surface area contributed by atoms with Gasteiger partial charge in [0.05, 0.1) is 16.7 Å².